The molecule has 1 atom stereocenters. The fraction of sp³-hybridized carbons (Fsp3) is 0.286. The van der Waals surface area contributed by atoms with Crippen LogP contribution < -0.4 is 14.8 Å². The van der Waals surface area contributed by atoms with E-state index in [0.717, 1.165) is 6.42 Å². The third kappa shape index (κ3) is 2.20. The molecule has 1 aliphatic heterocycles. The van der Waals surface area contributed by atoms with Gasteiger partial charge < -0.3 is 14.8 Å². The molecule has 1 amide bonds. The molecule has 2 heterocycles. The van der Waals surface area contributed by atoms with Crippen LogP contribution >= 0.6 is 0 Å². The van der Waals surface area contributed by atoms with Crippen molar-refractivity contribution in [3.8, 4) is 11.5 Å². The smallest absolute Gasteiger partial charge is 0.258 e. The number of nitrogens with zero attached hydrogens (tertiary/aromatic N) is 1. The molecular weight excluding hydrogens is 258 g/mol. The average Bonchev–Trinajstić information content (AvgIpc) is 3.05. The minimum Gasteiger partial charge on any atom is -0.449 e. The lowest BCUT2D eigenvalue weighted by atomic mass is 10.2. The van der Waals surface area contributed by atoms with Gasteiger partial charge in [-0.25, -0.2) is 0 Å². The number of anilines is 1. The lowest BCUT2D eigenvalue weighted by Gasteiger charge is -2.20. The summed E-state index contributed by atoms with van der Waals surface area (Å²) in [5.74, 6) is 0.473. The van der Waals surface area contributed by atoms with Crippen LogP contribution in [-0.4, -0.2) is 21.9 Å². The third-order valence-corrected chi connectivity index (χ3v) is 3.26. The number of benzene rings is 1. The molecule has 0 spiro atoms. The Balaban J connectivity index is 1.78. The van der Waals surface area contributed by atoms with Gasteiger partial charge in [0.1, 0.15) is 0 Å². The zero-order chi connectivity index (χ0) is 14.2. The summed E-state index contributed by atoms with van der Waals surface area (Å²) in [6.07, 6.45) is 3.74. The summed E-state index contributed by atoms with van der Waals surface area (Å²) < 4.78 is 11.5. The average molecular weight is 273 g/mol. The number of aromatic nitrogens is 2. The van der Waals surface area contributed by atoms with Crippen molar-refractivity contribution in [1.82, 2.24) is 10.2 Å². The molecule has 2 aromatic rings. The van der Waals surface area contributed by atoms with Crippen molar-refractivity contribution >= 4 is 11.6 Å². The first-order chi connectivity index (χ1) is 9.59. The molecule has 6 heteroatoms. The van der Waals surface area contributed by atoms with E-state index in [2.05, 4.69) is 15.5 Å². The summed E-state index contributed by atoms with van der Waals surface area (Å²) in [5, 5.41) is 9.13. The van der Waals surface area contributed by atoms with Gasteiger partial charge in [0.2, 0.25) is 5.79 Å². The van der Waals surface area contributed by atoms with Crippen molar-refractivity contribution < 1.29 is 14.3 Å². The van der Waals surface area contributed by atoms with Crippen LogP contribution in [0.1, 0.15) is 30.6 Å². The predicted octanol–water partition coefficient (Wildman–Crippen LogP) is 2.56. The van der Waals surface area contributed by atoms with Crippen molar-refractivity contribution in [2.45, 2.75) is 26.1 Å². The Labute approximate surface area is 116 Å². The summed E-state index contributed by atoms with van der Waals surface area (Å²) in [4.78, 5) is 11.9. The summed E-state index contributed by atoms with van der Waals surface area (Å²) in [6, 6.07) is 5.33. The summed E-state index contributed by atoms with van der Waals surface area (Å²) >= 11 is 0. The molecule has 3 rings (SSSR count). The normalized spacial score (nSPS) is 19.9. The van der Waals surface area contributed by atoms with Gasteiger partial charge in [0.25, 0.3) is 5.91 Å². The summed E-state index contributed by atoms with van der Waals surface area (Å²) in [6.45, 7) is 3.88. The number of hydrogen-bond donors (Lipinski definition) is 2. The topological polar surface area (TPSA) is 76.2 Å². The number of hydrogen-bond acceptors (Lipinski definition) is 4. The third-order valence-electron chi connectivity index (χ3n) is 3.26. The van der Waals surface area contributed by atoms with E-state index >= 15 is 0 Å². The molecule has 2 N–H and O–H groups in total. The Bertz CT molecular complexity index is 639. The lowest BCUT2D eigenvalue weighted by molar-refractivity contribution is -0.0640. The van der Waals surface area contributed by atoms with Gasteiger partial charge in [0, 0.05) is 31.3 Å². The monoisotopic (exact) mass is 273 g/mol. The van der Waals surface area contributed by atoms with Crippen molar-refractivity contribution in [3.05, 3.63) is 36.2 Å². The van der Waals surface area contributed by atoms with Crippen molar-refractivity contribution in [1.29, 1.82) is 0 Å². The molecule has 0 unspecified atom stereocenters. The van der Waals surface area contributed by atoms with E-state index in [1.165, 1.54) is 12.4 Å². The van der Waals surface area contributed by atoms with Crippen LogP contribution in [0.15, 0.2) is 30.6 Å². The second-order valence-corrected chi connectivity index (χ2v) is 4.79. The van der Waals surface area contributed by atoms with E-state index in [9.17, 15) is 4.79 Å². The molecule has 0 bridgehead atoms. The number of aromatic amines is 1. The van der Waals surface area contributed by atoms with Gasteiger partial charge in [-0.3, -0.25) is 9.89 Å². The van der Waals surface area contributed by atoms with Crippen LogP contribution in [0.4, 0.5) is 5.69 Å². The van der Waals surface area contributed by atoms with Gasteiger partial charge in [0.05, 0.1) is 11.8 Å². The Morgan fingerprint density at radius 3 is 2.90 bits per heavy atom. The maximum atomic E-state index is 11.9. The number of rotatable bonds is 3. The largest absolute Gasteiger partial charge is 0.449 e. The van der Waals surface area contributed by atoms with E-state index in [1.807, 2.05) is 13.8 Å². The van der Waals surface area contributed by atoms with E-state index < -0.39 is 5.79 Å². The van der Waals surface area contributed by atoms with Crippen LogP contribution in [0.2, 0.25) is 0 Å². The number of ether oxygens (including phenoxy) is 2. The first-order valence-electron chi connectivity index (χ1n) is 6.42. The van der Waals surface area contributed by atoms with E-state index in [0.29, 0.717) is 22.7 Å². The minimum absolute atomic E-state index is 0.226. The zero-order valence-electron chi connectivity index (χ0n) is 11.3. The van der Waals surface area contributed by atoms with Crippen molar-refractivity contribution in [3.63, 3.8) is 0 Å². The fourth-order valence-corrected chi connectivity index (χ4v) is 1.96. The quantitative estimate of drug-likeness (QED) is 0.901. The standard InChI is InChI=1S/C14H15N3O3/c1-3-14(2)19-11-5-4-10(6-12(11)20-14)17-13(18)9-7-15-16-8-9/h4-8H,3H2,1-2H3,(H,15,16)(H,17,18)/t14-/m1/s1. The van der Waals surface area contributed by atoms with E-state index in [-0.39, 0.29) is 5.91 Å². The molecule has 0 saturated heterocycles. The predicted molar refractivity (Wildman–Crippen MR) is 72.9 cm³/mol. The van der Waals surface area contributed by atoms with E-state index in [1.54, 1.807) is 18.2 Å². The van der Waals surface area contributed by atoms with Gasteiger partial charge in [-0.1, -0.05) is 6.92 Å². The SMILES string of the molecule is CC[C@]1(C)Oc2ccc(NC(=O)c3cn[nH]c3)cc2O1. The van der Waals surface area contributed by atoms with Crippen molar-refractivity contribution in [2.24, 2.45) is 0 Å². The molecule has 6 nitrogen and oxygen atoms in total. The maximum absolute atomic E-state index is 11.9. The highest BCUT2D eigenvalue weighted by Crippen LogP contribution is 2.42. The fourth-order valence-electron chi connectivity index (χ4n) is 1.96. The lowest BCUT2D eigenvalue weighted by Crippen LogP contribution is -2.33. The van der Waals surface area contributed by atoms with Crippen LogP contribution in [0, 0.1) is 0 Å². The molecule has 20 heavy (non-hydrogen) atoms. The number of fused-ring (bicyclic) bond motifs is 1. The second kappa shape index (κ2) is 4.56. The molecule has 0 fully saturated rings. The van der Waals surface area contributed by atoms with E-state index in [4.69, 9.17) is 9.47 Å². The number of carbonyl (C=O) groups is 1. The highest BCUT2D eigenvalue weighted by Gasteiger charge is 2.34. The Morgan fingerprint density at radius 1 is 1.40 bits per heavy atom. The van der Waals surface area contributed by atoms with Crippen LogP contribution in [0.25, 0.3) is 0 Å². The Hall–Kier alpha value is -2.50. The summed E-state index contributed by atoms with van der Waals surface area (Å²) in [7, 11) is 0. The molecular formula is C14H15N3O3. The van der Waals surface area contributed by atoms with Crippen LogP contribution in [-0.2, 0) is 0 Å². The number of carbonyl (C=O) groups excluding carboxylic acids is 1. The first kappa shape index (κ1) is 12.5. The highest BCUT2D eigenvalue weighted by molar-refractivity contribution is 6.04. The second-order valence-electron chi connectivity index (χ2n) is 4.79. The van der Waals surface area contributed by atoms with Crippen LogP contribution in [0.3, 0.4) is 0 Å². The Kier molecular flexibility index (Phi) is 2.85. The molecule has 1 aromatic carbocycles. The summed E-state index contributed by atoms with van der Waals surface area (Å²) in [5.41, 5.74) is 1.12. The molecule has 1 aromatic heterocycles. The molecule has 104 valence electrons. The Morgan fingerprint density at radius 2 is 2.20 bits per heavy atom. The number of amides is 1. The van der Waals surface area contributed by atoms with Gasteiger partial charge in [0.15, 0.2) is 11.5 Å². The highest BCUT2D eigenvalue weighted by atomic mass is 16.7. The van der Waals surface area contributed by atoms with Crippen LogP contribution in [0.5, 0.6) is 11.5 Å². The zero-order valence-corrected chi connectivity index (χ0v) is 11.3. The van der Waals surface area contributed by atoms with Gasteiger partial charge in [-0.05, 0) is 12.1 Å². The molecule has 1 aliphatic rings. The van der Waals surface area contributed by atoms with Gasteiger partial charge in [-0.2, -0.15) is 5.10 Å². The molecule has 0 radical (unpaired) electrons. The van der Waals surface area contributed by atoms with Crippen molar-refractivity contribution in [2.75, 3.05) is 5.32 Å². The number of nitrogens with one attached hydrogen (secondary N) is 2. The maximum Gasteiger partial charge on any atom is 0.258 e. The van der Waals surface area contributed by atoms with Gasteiger partial charge in [-0.15, -0.1) is 0 Å². The minimum atomic E-state index is -0.629. The van der Waals surface area contributed by atoms with Gasteiger partial charge >= 0.3 is 0 Å². The molecule has 0 saturated carbocycles. The first-order valence-corrected chi connectivity index (χ1v) is 6.42. The number of H-pyrrole nitrogens is 1. The molecule has 0 aliphatic carbocycles.